The molecule has 184 valence electrons. The van der Waals surface area contributed by atoms with Gasteiger partial charge in [0.15, 0.2) is 0 Å². The Morgan fingerprint density at radius 1 is 1.06 bits per heavy atom. The number of aromatic amines is 1. The Morgan fingerprint density at radius 3 is 2.75 bits per heavy atom. The Morgan fingerprint density at radius 2 is 1.89 bits per heavy atom. The van der Waals surface area contributed by atoms with Crippen LogP contribution in [0.3, 0.4) is 0 Å². The maximum atomic E-state index is 14.0. The maximum absolute atomic E-state index is 14.0. The topological polar surface area (TPSA) is 66.3 Å². The number of hydrogen-bond acceptors (Lipinski definition) is 4. The highest BCUT2D eigenvalue weighted by atomic mass is 19.1. The lowest BCUT2D eigenvalue weighted by Gasteiger charge is -2.29. The largest absolute Gasteiger partial charge is 0.488 e. The molecule has 4 aromatic rings. The molecule has 2 aliphatic rings. The number of aromatic nitrogens is 2. The molecule has 0 saturated carbocycles. The van der Waals surface area contributed by atoms with Crippen molar-refractivity contribution in [2.24, 2.45) is 0 Å². The van der Waals surface area contributed by atoms with Crippen LogP contribution in [0.1, 0.15) is 35.2 Å². The van der Waals surface area contributed by atoms with Crippen LogP contribution >= 0.6 is 0 Å². The number of hydrogen-bond donors (Lipinski definition) is 2. The van der Waals surface area contributed by atoms with Gasteiger partial charge in [0.1, 0.15) is 18.2 Å². The highest BCUT2D eigenvalue weighted by Crippen LogP contribution is 2.38. The van der Waals surface area contributed by atoms with Gasteiger partial charge >= 0.3 is 0 Å². The zero-order chi connectivity index (χ0) is 24.6. The average molecular weight is 485 g/mol. The van der Waals surface area contributed by atoms with Crippen LogP contribution in [-0.4, -0.2) is 47.3 Å². The predicted octanol–water partition coefficient (Wildman–Crippen LogP) is 4.96. The standard InChI is InChI=1S/C29H29FN4O2/c1-19(17-33-10-12-35-13-11-33)34-27-9-6-20(15-26(27)32-29(34)31)14-25-23-5-3-2-4-21(23)18-36-28-16-22(30)7-8-24(25)28/h2-9,14-16,19H,10-13,17-18H2,1H3,(H2,31,32)/b25-14+/t19-/m1/s1. The van der Waals surface area contributed by atoms with Crippen molar-refractivity contribution in [3.63, 3.8) is 0 Å². The maximum Gasteiger partial charge on any atom is 0.200 e. The lowest BCUT2D eigenvalue weighted by Crippen LogP contribution is -2.40. The number of ether oxygens (including phenoxy) is 2. The Hall–Kier alpha value is -3.68. The molecule has 0 unspecified atom stereocenters. The molecular weight excluding hydrogens is 455 g/mol. The Kier molecular flexibility index (Phi) is 5.95. The second kappa shape index (κ2) is 9.41. The third-order valence-electron chi connectivity index (χ3n) is 7.08. The normalized spacial score (nSPS) is 17.9. The summed E-state index contributed by atoms with van der Waals surface area (Å²) in [4.78, 5) is 5.66. The van der Waals surface area contributed by atoms with E-state index in [-0.39, 0.29) is 11.9 Å². The van der Waals surface area contributed by atoms with E-state index in [1.54, 1.807) is 6.07 Å². The van der Waals surface area contributed by atoms with Gasteiger partial charge in [-0.25, -0.2) is 4.39 Å². The van der Waals surface area contributed by atoms with E-state index in [0.717, 1.165) is 71.7 Å². The van der Waals surface area contributed by atoms with E-state index in [2.05, 4.69) is 51.7 Å². The fourth-order valence-corrected chi connectivity index (χ4v) is 5.33. The quantitative estimate of drug-likeness (QED) is 0.430. The number of halogens is 1. The van der Waals surface area contributed by atoms with Crippen molar-refractivity contribution < 1.29 is 13.9 Å². The van der Waals surface area contributed by atoms with Crippen molar-refractivity contribution in [1.82, 2.24) is 14.5 Å². The summed E-state index contributed by atoms with van der Waals surface area (Å²) in [6, 6.07) is 19.2. The molecule has 6 rings (SSSR count). The van der Waals surface area contributed by atoms with Gasteiger partial charge in [0.25, 0.3) is 0 Å². The van der Waals surface area contributed by atoms with Crippen LogP contribution in [-0.2, 0) is 11.3 Å². The molecule has 0 spiro atoms. The minimum Gasteiger partial charge on any atom is -0.488 e. The van der Waals surface area contributed by atoms with Crippen molar-refractivity contribution in [2.75, 3.05) is 32.8 Å². The van der Waals surface area contributed by atoms with Crippen LogP contribution in [0.4, 0.5) is 4.39 Å². The van der Waals surface area contributed by atoms with Crippen molar-refractivity contribution in [3.05, 3.63) is 94.4 Å². The molecule has 2 N–H and O–H groups in total. The number of morpholine rings is 1. The number of imidazole rings is 1. The number of benzene rings is 3. The molecule has 1 aromatic heterocycles. The van der Waals surface area contributed by atoms with Gasteiger partial charge in [0.05, 0.1) is 24.2 Å². The summed E-state index contributed by atoms with van der Waals surface area (Å²) in [5.74, 6) is 0.229. The first-order chi connectivity index (χ1) is 17.6. The molecular formula is C29H29FN4O2. The molecule has 3 heterocycles. The van der Waals surface area contributed by atoms with Crippen LogP contribution in [0.5, 0.6) is 5.75 Å². The first-order valence-electron chi connectivity index (χ1n) is 12.4. The molecule has 1 saturated heterocycles. The summed E-state index contributed by atoms with van der Waals surface area (Å²) in [6.07, 6.45) is 2.12. The molecule has 0 radical (unpaired) electrons. The molecule has 2 aliphatic heterocycles. The van der Waals surface area contributed by atoms with Gasteiger partial charge in [-0.05, 0) is 59.5 Å². The van der Waals surface area contributed by atoms with Gasteiger partial charge in [-0.3, -0.25) is 10.3 Å². The van der Waals surface area contributed by atoms with Crippen LogP contribution in [0.25, 0.3) is 22.7 Å². The van der Waals surface area contributed by atoms with E-state index in [1.165, 1.54) is 12.1 Å². The van der Waals surface area contributed by atoms with Crippen LogP contribution in [0.15, 0.2) is 60.7 Å². The molecule has 0 bridgehead atoms. The van der Waals surface area contributed by atoms with Gasteiger partial charge in [-0.15, -0.1) is 0 Å². The highest BCUT2D eigenvalue weighted by molar-refractivity contribution is 5.95. The third kappa shape index (κ3) is 4.25. The molecule has 36 heavy (non-hydrogen) atoms. The smallest absolute Gasteiger partial charge is 0.200 e. The van der Waals surface area contributed by atoms with Gasteiger partial charge < -0.3 is 19.0 Å². The zero-order valence-electron chi connectivity index (χ0n) is 20.3. The number of nitrogens with one attached hydrogen (secondary N) is 2. The predicted molar refractivity (Wildman–Crippen MR) is 138 cm³/mol. The molecule has 7 heteroatoms. The fraction of sp³-hybridized carbons (Fsp3) is 0.276. The van der Waals surface area contributed by atoms with E-state index < -0.39 is 0 Å². The number of fused-ring (bicyclic) bond motifs is 3. The van der Waals surface area contributed by atoms with E-state index in [4.69, 9.17) is 14.9 Å². The summed E-state index contributed by atoms with van der Waals surface area (Å²) in [7, 11) is 0. The lowest BCUT2D eigenvalue weighted by molar-refractivity contribution is 0.0325. The lowest BCUT2D eigenvalue weighted by atomic mass is 9.92. The Balaban J connectivity index is 1.40. The summed E-state index contributed by atoms with van der Waals surface area (Å²) in [5.41, 5.74) is 7.31. The van der Waals surface area contributed by atoms with Gasteiger partial charge in [0.2, 0.25) is 5.62 Å². The van der Waals surface area contributed by atoms with E-state index in [0.29, 0.717) is 18.0 Å². The number of H-pyrrole nitrogens is 1. The Bertz CT molecular complexity index is 1510. The molecule has 0 aliphatic carbocycles. The molecule has 3 aromatic carbocycles. The van der Waals surface area contributed by atoms with Crippen molar-refractivity contribution >= 4 is 22.7 Å². The van der Waals surface area contributed by atoms with Gasteiger partial charge in [0, 0.05) is 37.3 Å². The molecule has 0 amide bonds. The second-order valence-corrected chi connectivity index (χ2v) is 9.53. The SMILES string of the molecule is C[C@H](CN1CCOCC1)n1c(=N)[nH]c2cc(/C=C3\c4ccccc4COc4cc(F)ccc43)ccc21. The third-order valence-corrected chi connectivity index (χ3v) is 7.08. The highest BCUT2D eigenvalue weighted by Gasteiger charge is 2.21. The summed E-state index contributed by atoms with van der Waals surface area (Å²) >= 11 is 0. The first kappa shape index (κ1) is 22.8. The zero-order valence-corrected chi connectivity index (χ0v) is 20.3. The second-order valence-electron chi connectivity index (χ2n) is 9.53. The molecule has 1 fully saturated rings. The first-order valence-corrected chi connectivity index (χ1v) is 12.4. The van der Waals surface area contributed by atoms with Gasteiger partial charge in [-0.1, -0.05) is 30.3 Å². The summed E-state index contributed by atoms with van der Waals surface area (Å²) < 4.78 is 27.5. The fourth-order valence-electron chi connectivity index (χ4n) is 5.33. The summed E-state index contributed by atoms with van der Waals surface area (Å²) in [5, 5.41) is 8.61. The van der Waals surface area contributed by atoms with Gasteiger partial charge in [-0.2, -0.15) is 0 Å². The molecule has 6 nitrogen and oxygen atoms in total. The van der Waals surface area contributed by atoms with Crippen molar-refractivity contribution in [1.29, 1.82) is 5.41 Å². The van der Waals surface area contributed by atoms with Crippen LogP contribution < -0.4 is 10.4 Å². The minimum atomic E-state index is -0.314. The number of nitrogens with zero attached hydrogens (tertiary/aromatic N) is 2. The van der Waals surface area contributed by atoms with E-state index in [1.807, 2.05) is 18.2 Å². The monoisotopic (exact) mass is 484 g/mol. The van der Waals surface area contributed by atoms with Crippen LogP contribution in [0, 0.1) is 11.2 Å². The Labute approximate surface area is 209 Å². The number of rotatable bonds is 4. The minimum absolute atomic E-state index is 0.154. The van der Waals surface area contributed by atoms with E-state index in [9.17, 15) is 4.39 Å². The molecule has 1 atom stereocenters. The average Bonchev–Trinajstić information content (AvgIpc) is 3.14. The van der Waals surface area contributed by atoms with Crippen LogP contribution in [0.2, 0.25) is 0 Å². The summed E-state index contributed by atoms with van der Waals surface area (Å²) in [6.45, 7) is 6.81. The van der Waals surface area contributed by atoms with Crippen molar-refractivity contribution in [3.8, 4) is 5.75 Å². The van der Waals surface area contributed by atoms with Crippen molar-refractivity contribution in [2.45, 2.75) is 19.6 Å². The van der Waals surface area contributed by atoms with E-state index >= 15 is 0 Å².